The molecule has 5 heteroatoms. The van der Waals surface area contributed by atoms with Crippen LogP contribution in [0.3, 0.4) is 0 Å². The lowest BCUT2D eigenvalue weighted by Gasteiger charge is -2.11. The molecule has 0 fully saturated rings. The fraction of sp³-hybridized carbons (Fsp3) is 0.231. The summed E-state index contributed by atoms with van der Waals surface area (Å²) in [5.41, 5.74) is 0.608. The molecule has 0 aliphatic rings. The zero-order valence-corrected chi connectivity index (χ0v) is 11.1. The Hall–Kier alpha value is -1.75. The van der Waals surface area contributed by atoms with Crippen LogP contribution in [0.4, 0.5) is 0 Å². The van der Waals surface area contributed by atoms with Crippen LogP contribution >= 0.6 is 12.6 Å². The summed E-state index contributed by atoms with van der Waals surface area (Å²) in [5, 5.41) is 0. The summed E-state index contributed by atoms with van der Waals surface area (Å²) in [7, 11) is 1.61. The number of methoxy groups -OCH3 is 1. The molecule has 1 aromatic heterocycles. The molecular formula is C13H14N2O2S. The van der Waals surface area contributed by atoms with Crippen LogP contribution in [0.1, 0.15) is 12.7 Å². The van der Waals surface area contributed by atoms with Crippen LogP contribution in [-0.2, 0) is 6.42 Å². The van der Waals surface area contributed by atoms with Crippen LogP contribution in [0.25, 0.3) is 5.69 Å². The third kappa shape index (κ3) is 2.26. The quantitative estimate of drug-likeness (QED) is 0.861. The molecule has 4 nitrogen and oxygen atoms in total. The molecular weight excluding hydrogens is 248 g/mol. The molecule has 0 unspecified atom stereocenters. The summed E-state index contributed by atoms with van der Waals surface area (Å²) in [6.45, 7) is 1.96. The number of hydrogen-bond donors (Lipinski definition) is 1. The van der Waals surface area contributed by atoms with Crippen LogP contribution < -0.4 is 10.3 Å². The number of ether oxygens (including phenoxy) is 1. The minimum Gasteiger partial charge on any atom is -0.497 e. The van der Waals surface area contributed by atoms with Crippen LogP contribution in [-0.4, -0.2) is 16.7 Å². The van der Waals surface area contributed by atoms with Gasteiger partial charge in [-0.1, -0.05) is 6.92 Å². The number of aryl methyl sites for hydroxylation is 1. The van der Waals surface area contributed by atoms with Gasteiger partial charge < -0.3 is 4.74 Å². The zero-order valence-electron chi connectivity index (χ0n) is 10.3. The van der Waals surface area contributed by atoms with Gasteiger partial charge in [0.05, 0.1) is 17.7 Å². The Kier molecular flexibility index (Phi) is 3.72. The topological polar surface area (TPSA) is 44.1 Å². The Labute approximate surface area is 111 Å². The first-order chi connectivity index (χ1) is 8.67. The fourth-order valence-corrected chi connectivity index (χ4v) is 1.89. The minimum absolute atomic E-state index is 0.157. The van der Waals surface area contributed by atoms with Crippen molar-refractivity contribution in [2.24, 2.45) is 0 Å². The van der Waals surface area contributed by atoms with Gasteiger partial charge in [-0.3, -0.25) is 9.36 Å². The highest BCUT2D eigenvalue weighted by molar-refractivity contribution is 7.80. The monoisotopic (exact) mass is 262 g/mol. The van der Waals surface area contributed by atoms with Crippen molar-refractivity contribution in [3.63, 3.8) is 0 Å². The third-order valence-electron chi connectivity index (χ3n) is 2.66. The maximum Gasteiger partial charge on any atom is 0.271 e. The van der Waals surface area contributed by atoms with Crippen LogP contribution in [0, 0.1) is 0 Å². The van der Waals surface area contributed by atoms with Crippen LogP contribution in [0.15, 0.2) is 40.2 Å². The molecule has 0 saturated heterocycles. The molecule has 2 aromatic rings. The summed E-state index contributed by atoms with van der Waals surface area (Å²) >= 11 is 4.12. The van der Waals surface area contributed by atoms with E-state index in [4.69, 9.17) is 4.74 Å². The van der Waals surface area contributed by atoms with Gasteiger partial charge in [0.1, 0.15) is 11.6 Å². The average molecular weight is 262 g/mol. The Balaban J connectivity index is 2.61. The first-order valence-electron chi connectivity index (χ1n) is 5.61. The van der Waals surface area contributed by atoms with Gasteiger partial charge in [0.15, 0.2) is 0 Å². The molecule has 1 aromatic carbocycles. The highest BCUT2D eigenvalue weighted by Gasteiger charge is 2.09. The molecule has 0 bridgehead atoms. The molecule has 0 saturated carbocycles. The van der Waals surface area contributed by atoms with E-state index in [1.54, 1.807) is 11.7 Å². The van der Waals surface area contributed by atoms with Gasteiger partial charge in [-0.05, 0) is 24.3 Å². The van der Waals surface area contributed by atoms with Crippen molar-refractivity contribution < 1.29 is 4.74 Å². The molecule has 0 atom stereocenters. The number of hydrogen-bond acceptors (Lipinski definition) is 4. The van der Waals surface area contributed by atoms with Gasteiger partial charge in [0, 0.05) is 12.6 Å². The van der Waals surface area contributed by atoms with Gasteiger partial charge in [0.25, 0.3) is 5.56 Å². The van der Waals surface area contributed by atoms with Crippen molar-refractivity contribution in [3.8, 4) is 11.4 Å². The first kappa shape index (κ1) is 12.7. The largest absolute Gasteiger partial charge is 0.497 e. The maximum absolute atomic E-state index is 12.1. The van der Waals surface area contributed by atoms with Crippen molar-refractivity contribution >= 4 is 12.6 Å². The predicted octanol–water partition coefficient (Wildman–Crippen LogP) is 2.09. The number of benzene rings is 1. The van der Waals surface area contributed by atoms with Crippen molar-refractivity contribution in [2.75, 3.05) is 7.11 Å². The first-order valence-corrected chi connectivity index (χ1v) is 6.06. The molecule has 0 spiro atoms. The van der Waals surface area contributed by atoms with Gasteiger partial charge in [0.2, 0.25) is 0 Å². The molecule has 0 aliphatic carbocycles. The van der Waals surface area contributed by atoms with Gasteiger partial charge in [-0.2, -0.15) is 0 Å². The minimum atomic E-state index is -0.157. The van der Waals surface area contributed by atoms with Gasteiger partial charge in [-0.15, -0.1) is 12.6 Å². The Bertz CT molecular complexity index is 605. The van der Waals surface area contributed by atoms with E-state index in [9.17, 15) is 4.79 Å². The van der Waals surface area contributed by atoms with E-state index in [0.29, 0.717) is 17.1 Å². The molecule has 94 valence electrons. The van der Waals surface area contributed by atoms with E-state index in [-0.39, 0.29) is 5.56 Å². The molecule has 1 heterocycles. The smallest absolute Gasteiger partial charge is 0.271 e. The van der Waals surface area contributed by atoms with Crippen LogP contribution in [0.2, 0.25) is 0 Å². The Morgan fingerprint density at radius 3 is 2.56 bits per heavy atom. The average Bonchev–Trinajstić information content (AvgIpc) is 2.42. The summed E-state index contributed by atoms with van der Waals surface area (Å²) in [6.07, 6.45) is 2.17. The Morgan fingerprint density at radius 2 is 2.00 bits per heavy atom. The normalized spacial score (nSPS) is 10.4. The SMILES string of the molecule is CCc1ncc(S)c(=O)n1-c1ccc(OC)cc1. The summed E-state index contributed by atoms with van der Waals surface area (Å²) < 4.78 is 6.67. The lowest BCUT2D eigenvalue weighted by atomic mass is 10.3. The number of rotatable bonds is 3. The van der Waals surface area contributed by atoms with E-state index in [1.165, 1.54) is 6.20 Å². The summed E-state index contributed by atoms with van der Waals surface area (Å²) in [5.74, 6) is 1.46. The standard InChI is InChI=1S/C13H14N2O2S/c1-3-12-14-8-11(18)13(16)15(12)9-4-6-10(17-2)7-5-9/h4-8,18H,3H2,1-2H3. The van der Waals surface area contributed by atoms with E-state index in [2.05, 4.69) is 17.6 Å². The molecule has 2 rings (SSSR count). The maximum atomic E-state index is 12.1. The molecule has 0 amide bonds. The summed E-state index contributed by atoms with van der Waals surface area (Å²) in [6, 6.07) is 7.28. The highest BCUT2D eigenvalue weighted by atomic mass is 32.1. The lowest BCUT2D eigenvalue weighted by Crippen LogP contribution is -2.23. The second-order valence-electron chi connectivity index (χ2n) is 3.75. The second-order valence-corrected chi connectivity index (χ2v) is 4.23. The van der Waals surface area contributed by atoms with E-state index >= 15 is 0 Å². The fourth-order valence-electron chi connectivity index (χ4n) is 1.73. The van der Waals surface area contributed by atoms with Crippen molar-refractivity contribution in [1.29, 1.82) is 0 Å². The molecule has 0 radical (unpaired) electrons. The van der Waals surface area contributed by atoms with Crippen molar-refractivity contribution in [3.05, 3.63) is 46.6 Å². The molecule has 0 N–H and O–H groups in total. The number of aromatic nitrogens is 2. The number of thiol groups is 1. The number of nitrogens with zero attached hydrogens (tertiary/aromatic N) is 2. The third-order valence-corrected chi connectivity index (χ3v) is 2.97. The predicted molar refractivity (Wildman–Crippen MR) is 73.0 cm³/mol. The Morgan fingerprint density at radius 1 is 1.33 bits per heavy atom. The molecule has 18 heavy (non-hydrogen) atoms. The van der Waals surface area contributed by atoms with Crippen molar-refractivity contribution in [2.45, 2.75) is 18.2 Å². The molecule has 0 aliphatic heterocycles. The van der Waals surface area contributed by atoms with Gasteiger partial charge >= 0.3 is 0 Å². The highest BCUT2D eigenvalue weighted by Crippen LogP contribution is 2.15. The van der Waals surface area contributed by atoms with E-state index in [1.807, 2.05) is 31.2 Å². The lowest BCUT2D eigenvalue weighted by molar-refractivity contribution is 0.414. The van der Waals surface area contributed by atoms with Crippen LogP contribution in [0.5, 0.6) is 5.75 Å². The van der Waals surface area contributed by atoms with E-state index in [0.717, 1.165) is 11.4 Å². The van der Waals surface area contributed by atoms with E-state index < -0.39 is 0 Å². The summed E-state index contributed by atoms with van der Waals surface area (Å²) in [4.78, 5) is 16.7. The van der Waals surface area contributed by atoms with Gasteiger partial charge in [-0.25, -0.2) is 4.98 Å². The zero-order chi connectivity index (χ0) is 13.1. The van der Waals surface area contributed by atoms with Crippen molar-refractivity contribution in [1.82, 2.24) is 9.55 Å². The second kappa shape index (κ2) is 5.27.